The lowest BCUT2D eigenvalue weighted by molar-refractivity contribution is 0.0606. The highest BCUT2D eigenvalue weighted by molar-refractivity contribution is 4.85. The van der Waals surface area contributed by atoms with Crippen molar-refractivity contribution in [2.24, 2.45) is 5.41 Å². The van der Waals surface area contributed by atoms with Crippen LogP contribution in [0.2, 0.25) is 0 Å². The molecule has 3 nitrogen and oxygen atoms in total. The molecule has 1 fully saturated rings. The molecule has 1 unspecified atom stereocenters. The number of nitrogens with one attached hydrogen (secondary N) is 1. The van der Waals surface area contributed by atoms with E-state index in [1.807, 2.05) is 0 Å². The van der Waals surface area contributed by atoms with Gasteiger partial charge in [0.2, 0.25) is 0 Å². The average Bonchev–Trinajstić information content (AvgIpc) is 2.25. The summed E-state index contributed by atoms with van der Waals surface area (Å²) < 4.78 is 0. The van der Waals surface area contributed by atoms with Gasteiger partial charge in [-0.05, 0) is 39.7 Å². The molecule has 1 aliphatic heterocycles. The highest BCUT2D eigenvalue weighted by atomic mass is 15.3. The van der Waals surface area contributed by atoms with Crippen molar-refractivity contribution >= 4 is 0 Å². The summed E-state index contributed by atoms with van der Waals surface area (Å²) >= 11 is 0. The minimum Gasteiger partial charge on any atom is -0.311 e. The Balaban J connectivity index is 2.41. The van der Waals surface area contributed by atoms with Crippen LogP contribution in [-0.4, -0.2) is 60.6 Å². The van der Waals surface area contributed by atoms with Crippen LogP contribution in [0.1, 0.15) is 48.5 Å². The topological polar surface area (TPSA) is 18.5 Å². The molecule has 19 heavy (non-hydrogen) atoms. The zero-order valence-corrected chi connectivity index (χ0v) is 14.2. The Labute approximate surface area is 120 Å². The first-order valence-corrected chi connectivity index (χ1v) is 7.84. The highest BCUT2D eigenvalue weighted by Crippen LogP contribution is 2.20. The largest absolute Gasteiger partial charge is 0.311 e. The third-order valence-electron chi connectivity index (χ3n) is 4.00. The van der Waals surface area contributed by atoms with Gasteiger partial charge in [0.05, 0.1) is 0 Å². The standard InChI is InChI=1S/C16H35N3/c1-8-19-10-9-18(11-14(19)2)13-16(6,7)12-17-15(3,4)5/h14,17H,8-13H2,1-7H3. The van der Waals surface area contributed by atoms with E-state index in [2.05, 4.69) is 63.6 Å². The predicted octanol–water partition coefficient (Wildman–Crippen LogP) is 2.43. The van der Waals surface area contributed by atoms with Crippen LogP contribution < -0.4 is 5.32 Å². The summed E-state index contributed by atoms with van der Waals surface area (Å²) in [6.45, 7) is 23.2. The summed E-state index contributed by atoms with van der Waals surface area (Å²) in [6, 6.07) is 0.699. The Hall–Kier alpha value is -0.120. The molecule has 1 rings (SSSR count). The number of likely N-dealkylation sites (N-methyl/N-ethyl adjacent to an activating group) is 1. The van der Waals surface area contributed by atoms with E-state index in [-0.39, 0.29) is 5.54 Å². The van der Waals surface area contributed by atoms with Gasteiger partial charge in [-0.1, -0.05) is 20.8 Å². The van der Waals surface area contributed by atoms with E-state index in [0.717, 1.165) is 6.54 Å². The molecule has 3 heteroatoms. The van der Waals surface area contributed by atoms with Crippen LogP contribution in [0.5, 0.6) is 0 Å². The van der Waals surface area contributed by atoms with Gasteiger partial charge in [0, 0.05) is 44.3 Å². The summed E-state index contributed by atoms with van der Waals surface area (Å²) in [4.78, 5) is 5.22. The Bertz CT molecular complexity index is 268. The highest BCUT2D eigenvalue weighted by Gasteiger charge is 2.28. The molecule has 1 N–H and O–H groups in total. The molecule has 0 bridgehead atoms. The lowest BCUT2D eigenvalue weighted by atomic mass is 9.90. The van der Waals surface area contributed by atoms with Crippen molar-refractivity contribution in [3.8, 4) is 0 Å². The van der Waals surface area contributed by atoms with Crippen molar-refractivity contribution in [2.45, 2.75) is 60.0 Å². The number of hydrogen-bond acceptors (Lipinski definition) is 3. The molecule has 0 aliphatic carbocycles. The first-order chi connectivity index (χ1) is 8.63. The zero-order valence-electron chi connectivity index (χ0n) is 14.2. The van der Waals surface area contributed by atoms with Gasteiger partial charge < -0.3 is 5.32 Å². The first-order valence-electron chi connectivity index (χ1n) is 7.84. The number of rotatable bonds is 5. The second kappa shape index (κ2) is 6.55. The van der Waals surface area contributed by atoms with E-state index in [0.29, 0.717) is 11.5 Å². The second-order valence-corrected chi connectivity index (χ2v) is 7.98. The molecule has 1 atom stereocenters. The van der Waals surface area contributed by atoms with Crippen LogP contribution in [0.25, 0.3) is 0 Å². The molecule has 0 radical (unpaired) electrons. The van der Waals surface area contributed by atoms with Crippen LogP contribution in [0.4, 0.5) is 0 Å². The monoisotopic (exact) mass is 269 g/mol. The molecule has 0 spiro atoms. The molecule has 0 aromatic rings. The van der Waals surface area contributed by atoms with E-state index in [4.69, 9.17) is 0 Å². The molecule has 0 aromatic heterocycles. The maximum Gasteiger partial charge on any atom is 0.0195 e. The van der Waals surface area contributed by atoms with Crippen LogP contribution in [-0.2, 0) is 0 Å². The van der Waals surface area contributed by atoms with Crippen LogP contribution >= 0.6 is 0 Å². The Kier molecular flexibility index (Phi) is 5.84. The lowest BCUT2D eigenvalue weighted by Gasteiger charge is -2.43. The summed E-state index contributed by atoms with van der Waals surface area (Å²) in [7, 11) is 0. The van der Waals surface area contributed by atoms with Gasteiger partial charge in [-0.25, -0.2) is 0 Å². The molecular weight excluding hydrogens is 234 g/mol. The molecule has 1 saturated heterocycles. The normalized spacial score (nSPS) is 23.8. The number of nitrogens with zero attached hydrogens (tertiary/aromatic N) is 2. The van der Waals surface area contributed by atoms with Gasteiger partial charge in [0.15, 0.2) is 0 Å². The molecular formula is C16H35N3. The molecule has 114 valence electrons. The minimum absolute atomic E-state index is 0.214. The average molecular weight is 269 g/mol. The van der Waals surface area contributed by atoms with Crippen molar-refractivity contribution in [3.63, 3.8) is 0 Å². The van der Waals surface area contributed by atoms with Crippen molar-refractivity contribution in [3.05, 3.63) is 0 Å². The quantitative estimate of drug-likeness (QED) is 0.827. The predicted molar refractivity (Wildman–Crippen MR) is 84.7 cm³/mol. The Morgan fingerprint density at radius 3 is 2.21 bits per heavy atom. The smallest absolute Gasteiger partial charge is 0.0195 e. The van der Waals surface area contributed by atoms with Gasteiger partial charge in [-0.3, -0.25) is 9.80 Å². The SMILES string of the molecule is CCN1CCN(CC(C)(C)CNC(C)(C)C)CC1C. The lowest BCUT2D eigenvalue weighted by Crippen LogP contribution is -2.55. The fraction of sp³-hybridized carbons (Fsp3) is 1.00. The van der Waals surface area contributed by atoms with Gasteiger partial charge in [-0.15, -0.1) is 0 Å². The third kappa shape index (κ3) is 6.24. The van der Waals surface area contributed by atoms with Crippen molar-refractivity contribution < 1.29 is 0 Å². The molecule has 0 saturated carbocycles. The Morgan fingerprint density at radius 2 is 1.74 bits per heavy atom. The van der Waals surface area contributed by atoms with Crippen molar-refractivity contribution in [1.82, 2.24) is 15.1 Å². The van der Waals surface area contributed by atoms with Crippen LogP contribution in [0, 0.1) is 5.41 Å². The second-order valence-electron chi connectivity index (χ2n) is 7.98. The van der Waals surface area contributed by atoms with E-state index in [1.54, 1.807) is 0 Å². The fourth-order valence-electron chi connectivity index (χ4n) is 2.85. The summed E-state index contributed by atoms with van der Waals surface area (Å²) in [5.41, 5.74) is 0.548. The van der Waals surface area contributed by atoms with Crippen molar-refractivity contribution in [1.29, 1.82) is 0 Å². The third-order valence-corrected chi connectivity index (χ3v) is 4.00. The van der Waals surface area contributed by atoms with E-state index >= 15 is 0 Å². The molecule has 0 amide bonds. The summed E-state index contributed by atoms with van der Waals surface area (Å²) in [5, 5.41) is 3.65. The Morgan fingerprint density at radius 1 is 1.11 bits per heavy atom. The van der Waals surface area contributed by atoms with Crippen molar-refractivity contribution in [2.75, 3.05) is 39.3 Å². The fourth-order valence-corrected chi connectivity index (χ4v) is 2.85. The van der Waals surface area contributed by atoms with Gasteiger partial charge in [0.1, 0.15) is 0 Å². The van der Waals surface area contributed by atoms with Gasteiger partial charge >= 0.3 is 0 Å². The number of hydrogen-bond donors (Lipinski definition) is 1. The molecule has 1 heterocycles. The van der Waals surface area contributed by atoms with Gasteiger partial charge in [-0.2, -0.15) is 0 Å². The first kappa shape index (κ1) is 16.9. The van der Waals surface area contributed by atoms with Crippen LogP contribution in [0.15, 0.2) is 0 Å². The molecule has 1 aliphatic rings. The maximum absolute atomic E-state index is 3.65. The van der Waals surface area contributed by atoms with E-state index in [9.17, 15) is 0 Å². The summed E-state index contributed by atoms with van der Waals surface area (Å²) in [5.74, 6) is 0. The molecule has 0 aromatic carbocycles. The van der Waals surface area contributed by atoms with Crippen LogP contribution in [0.3, 0.4) is 0 Å². The zero-order chi connectivity index (χ0) is 14.7. The minimum atomic E-state index is 0.214. The van der Waals surface area contributed by atoms with Gasteiger partial charge in [0.25, 0.3) is 0 Å². The number of piperazine rings is 1. The van der Waals surface area contributed by atoms with E-state index in [1.165, 1.54) is 32.7 Å². The van der Waals surface area contributed by atoms with E-state index < -0.39 is 0 Å². The summed E-state index contributed by atoms with van der Waals surface area (Å²) in [6.07, 6.45) is 0. The maximum atomic E-state index is 3.65.